The monoisotopic (exact) mass is 574 g/mol. The predicted molar refractivity (Wildman–Crippen MR) is 157 cm³/mol. The standard InChI is InChI=1S/C33H35O7P/c1-36-28-18-11-19-29(20-28)41(35)33(34)32(39-23-27-16-9-4-10-17-27)31(38-22-26-14-7-3-8-15-26)30(40-41)24-37-21-25-12-5-2-6-13-25/h2-20,30-34H,21-24H2,1H3/t30-,31-,32+,33+,41-/m1/s1. The zero-order chi connectivity index (χ0) is 28.5. The van der Waals surface area contributed by atoms with Gasteiger partial charge in [-0.05, 0) is 34.9 Å². The second-order valence-corrected chi connectivity index (χ2v) is 12.3. The summed E-state index contributed by atoms with van der Waals surface area (Å²) < 4.78 is 45.1. The summed E-state index contributed by atoms with van der Waals surface area (Å²) in [5.74, 6) is -0.973. The highest BCUT2D eigenvalue weighted by atomic mass is 31.2. The minimum atomic E-state index is -3.89. The van der Waals surface area contributed by atoms with E-state index in [0.717, 1.165) is 16.7 Å². The van der Waals surface area contributed by atoms with E-state index >= 15 is 0 Å². The van der Waals surface area contributed by atoms with Crippen molar-refractivity contribution in [2.75, 3.05) is 13.7 Å². The van der Waals surface area contributed by atoms with Crippen LogP contribution < -0.4 is 10.0 Å². The number of rotatable bonds is 12. The van der Waals surface area contributed by atoms with Crippen LogP contribution in [0.1, 0.15) is 16.7 Å². The van der Waals surface area contributed by atoms with Crippen molar-refractivity contribution in [2.24, 2.45) is 0 Å². The number of ether oxygens (including phenoxy) is 4. The lowest BCUT2D eigenvalue weighted by Crippen LogP contribution is -2.55. The second kappa shape index (κ2) is 14.1. The van der Waals surface area contributed by atoms with Crippen LogP contribution in [0.2, 0.25) is 0 Å². The van der Waals surface area contributed by atoms with Gasteiger partial charge in [0.25, 0.3) is 7.37 Å². The molecule has 214 valence electrons. The number of aliphatic hydroxyl groups excluding tert-OH is 1. The van der Waals surface area contributed by atoms with E-state index in [1.165, 1.54) is 7.11 Å². The molecule has 0 bridgehead atoms. The van der Waals surface area contributed by atoms with Crippen LogP contribution >= 0.6 is 7.37 Å². The fraction of sp³-hybridized carbons (Fsp3) is 0.273. The van der Waals surface area contributed by atoms with Crippen LogP contribution in [0.5, 0.6) is 5.75 Å². The van der Waals surface area contributed by atoms with Crippen molar-refractivity contribution in [2.45, 2.75) is 44.0 Å². The summed E-state index contributed by atoms with van der Waals surface area (Å²) in [5.41, 5.74) is 2.87. The maximum absolute atomic E-state index is 14.6. The molecule has 0 radical (unpaired) electrons. The molecular weight excluding hydrogens is 539 g/mol. The Morgan fingerprint density at radius 1 is 0.707 bits per heavy atom. The Morgan fingerprint density at radius 2 is 1.24 bits per heavy atom. The van der Waals surface area contributed by atoms with E-state index in [1.807, 2.05) is 91.0 Å². The predicted octanol–water partition coefficient (Wildman–Crippen LogP) is 5.70. The average molecular weight is 575 g/mol. The van der Waals surface area contributed by atoms with Crippen molar-refractivity contribution in [3.63, 3.8) is 0 Å². The van der Waals surface area contributed by atoms with Crippen LogP contribution in [0, 0.1) is 0 Å². The van der Waals surface area contributed by atoms with E-state index in [1.54, 1.807) is 24.3 Å². The third kappa shape index (κ3) is 7.32. The molecule has 4 aromatic carbocycles. The van der Waals surface area contributed by atoms with E-state index in [0.29, 0.717) is 17.7 Å². The molecule has 1 saturated heterocycles. The molecule has 0 amide bonds. The van der Waals surface area contributed by atoms with Crippen molar-refractivity contribution < 1.29 is 33.1 Å². The summed E-state index contributed by atoms with van der Waals surface area (Å²) in [4.78, 5) is 0. The second-order valence-electron chi connectivity index (χ2n) is 9.88. The molecule has 5 atom stereocenters. The molecule has 0 aliphatic carbocycles. The highest BCUT2D eigenvalue weighted by Crippen LogP contribution is 2.57. The summed E-state index contributed by atoms with van der Waals surface area (Å²) in [5, 5.41) is 12.0. The molecule has 1 N–H and O–H groups in total. The summed E-state index contributed by atoms with van der Waals surface area (Å²) in [6.45, 7) is 0.878. The molecule has 8 heteroatoms. The molecular formula is C33H35O7P. The first-order valence-corrected chi connectivity index (χ1v) is 15.3. The molecule has 1 aliphatic rings. The van der Waals surface area contributed by atoms with Gasteiger partial charge in [0, 0.05) is 5.30 Å². The van der Waals surface area contributed by atoms with Gasteiger partial charge in [0.05, 0.1) is 33.5 Å². The zero-order valence-electron chi connectivity index (χ0n) is 23.0. The van der Waals surface area contributed by atoms with Gasteiger partial charge in [-0.3, -0.25) is 4.57 Å². The van der Waals surface area contributed by atoms with Crippen LogP contribution in [-0.2, 0) is 43.1 Å². The molecule has 0 aromatic heterocycles. The van der Waals surface area contributed by atoms with Crippen LogP contribution in [0.15, 0.2) is 115 Å². The molecule has 0 saturated carbocycles. The first-order chi connectivity index (χ1) is 20.1. The van der Waals surface area contributed by atoms with E-state index in [2.05, 4.69) is 0 Å². The normalized spacial score (nSPS) is 24.1. The molecule has 5 rings (SSSR count). The Morgan fingerprint density at radius 3 is 1.80 bits per heavy atom. The summed E-state index contributed by atoms with van der Waals surface area (Å²) in [6.07, 6.45) is -2.52. The lowest BCUT2D eigenvalue weighted by molar-refractivity contribution is -0.174. The van der Waals surface area contributed by atoms with Crippen LogP contribution in [-0.4, -0.2) is 43.0 Å². The minimum Gasteiger partial charge on any atom is -0.497 e. The van der Waals surface area contributed by atoms with Gasteiger partial charge in [0.15, 0.2) is 5.85 Å². The summed E-state index contributed by atoms with van der Waals surface area (Å²) in [7, 11) is -2.35. The molecule has 1 heterocycles. The fourth-order valence-electron chi connectivity index (χ4n) is 4.82. The highest BCUT2D eigenvalue weighted by molar-refractivity contribution is 7.67. The number of hydrogen-bond donors (Lipinski definition) is 1. The van der Waals surface area contributed by atoms with Gasteiger partial charge in [-0.15, -0.1) is 0 Å². The van der Waals surface area contributed by atoms with Gasteiger partial charge in [-0.1, -0.05) is 97.1 Å². The van der Waals surface area contributed by atoms with Crippen molar-refractivity contribution in [3.05, 3.63) is 132 Å². The maximum Gasteiger partial charge on any atom is 0.263 e. The Labute approximate surface area is 241 Å². The first kappa shape index (κ1) is 29.2. The quantitative estimate of drug-likeness (QED) is 0.217. The van der Waals surface area contributed by atoms with Crippen molar-refractivity contribution >= 4 is 12.7 Å². The van der Waals surface area contributed by atoms with E-state index in [9.17, 15) is 9.67 Å². The van der Waals surface area contributed by atoms with E-state index in [4.69, 9.17) is 23.5 Å². The fourth-order valence-corrected chi connectivity index (χ4v) is 7.20. The van der Waals surface area contributed by atoms with E-state index < -0.39 is 31.5 Å². The van der Waals surface area contributed by atoms with Gasteiger partial charge in [-0.25, -0.2) is 0 Å². The van der Waals surface area contributed by atoms with Crippen LogP contribution in [0.25, 0.3) is 0 Å². The Kier molecular flexibility index (Phi) is 10.0. The molecule has 41 heavy (non-hydrogen) atoms. The Bertz CT molecular complexity index is 1400. The molecule has 1 fully saturated rings. The lowest BCUT2D eigenvalue weighted by Gasteiger charge is -2.44. The van der Waals surface area contributed by atoms with Gasteiger partial charge >= 0.3 is 0 Å². The Balaban J connectivity index is 1.46. The van der Waals surface area contributed by atoms with Gasteiger partial charge in [-0.2, -0.15) is 0 Å². The third-order valence-corrected chi connectivity index (χ3v) is 9.57. The molecule has 7 nitrogen and oxygen atoms in total. The molecule has 0 unspecified atom stereocenters. The zero-order valence-corrected chi connectivity index (χ0v) is 23.8. The molecule has 1 aliphatic heterocycles. The number of methoxy groups -OCH3 is 1. The van der Waals surface area contributed by atoms with Gasteiger partial charge in [0.1, 0.15) is 24.1 Å². The average Bonchev–Trinajstić information content (AvgIpc) is 3.03. The highest BCUT2D eigenvalue weighted by Gasteiger charge is 2.54. The third-order valence-electron chi connectivity index (χ3n) is 7.00. The molecule has 4 aromatic rings. The largest absolute Gasteiger partial charge is 0.497 e. The Hall–Kier alpha value is -3.29. The SMILES string of the molecule is COc1cccc([P@@]2(=O)O[C@H](COCc3ccccc3)[C@@H](OCc3ccccc3)[C@H](OCc3ccccc3)[C@H]2O)c1. The topological polar surface area (TPSA) is 83.5 Å². The van der Waals surface area contributed by atoms with Crippen LogP contribution in [0.3, 0.4) is 0 Å². The smallest absolute Gasteiger partial charge is 0.263 e. The number of aliphatic hydroxyl groups is 1. The first-order valence-electron chi connectivity index (χ1n) is 13.6. The maximum atomic E-state index is 14.6. The van der Waals surface area contributed by atoms with Crippen molar-refractivity contribution in [1.29, 1.82) is 0 Å². The van der Waals surface area contributed by atoms with Crippen molar-refractivity contribution in [1.82, 2.24) is 0 Å². The van der Waals surface area contributed by atoms with Gasteiger partial charge in [0.2, 0.25) is 0 Å². The van der Waals surface area contributed by atoms with Gasteiger partial charge < -0.3 is 28.6 Å². The number of hydrogen-bond acceptors (Lipinski definition) is 7. The molecule has 0 spiro atoms. The van der Waals surface area contributed by atoms with Crippen molar-refractivity contribution in [3.8, 4) is 5.75 Å². The van der Waals surface area contributed by atoms with Crippen LogP contribution in [0.4, 0.5) is 0 Å². The summed E-state index contributed by atoms with van der Waals surface area (Å²) in [6, 6.07) is 35.9. The lowest BCUT2D eigenvalue weighted by atomic mass is 10.1. The minimum absolute atomic E-state index is 0.0836. The van der Waals surface area contributed by atoms with E-state index in [-0.39, 0.29) is 19.8 Å². The number of benzene rings is 4. The summed E-state index contributed by atoms with van der Waals surface area (Å²) >= 11 is 0.